The van der Waals surface area contributed by atoms with Gasteiger partial charge in [-0.1, -0.05) is 23.7 Å². The van der Waals surface area contributed by atoms with E-state index in [1.165, 1.54) is 19.3 Å². The fraction of sp³-hybridized carbons (Fsp3) is 0.538. The highest BCUT2D eigenvalue weighted by atomic mass is 35.5. The lowest BCUT2D eigenvalue weighted by molar-refractivity contribution is -0.0948. The summed E-state index contributed by atoms with van der Waals surface area (Å²) < 4.78 is 5.90. The van der Waals surface area contributed by atoms with Gasteiger partial charge in [0.25, 0.3) is 0 Å². The molecule has 3 rings (SSSR count). The largest absolute Gasteiger partial charge is 0.371 e. The molecule has 0 aliphatic carbocycles. The van der Waals surface area contributed by atoms with Gasteiger partial charge < -0.3 is 9.64 Å². The molecule has 16 heavy (non-hydrogen) atoms. The number of anilines is 1. The first-order valence-electron chi connectivity index (χ1n) is 5.84. The van der Waals surface area contributed by atoms with E-state index in [1.54, 1.807) is 0 Å². The molecule has 2 heterocycles. The van der Waals surface area contributed by atoms with Gasteiger partial charge in [-0.2, -0.15) is 0 Å². The Hall–Kier alpha value is -0.730. The third kappa shape index (κ3) is 1.70. The quantitative estimate of drug-likeness (QED) is 0.744. The van der Waals surface area contributed by atoms with Crippen molar-refractivity contribution in [2.75, 3.05) is 24.6 Å². The van der Waals surface area contributed by atoms with Crippen molar-refractivity contribution in [2.45, 2.75) is 24.9 Å². The topological polar surface area (TPSA) is 12.5 Å². The first kappa shape index (κ1) is 10.4. The Morgan fingerprint density at radius 1 is 1.38 bits per heavy atom. The zero-order valence-electron chi connectivity index (χ0n) is 9.21. The second kappa shape index (κ2) is 3.94. The number of benzene rings is 1. The van der Waals surface area contributed by atoms with E-state index >= 15 is 0 Å². The van der Waals surface area contributed by atoms with Gasteiger partial charge in [-0.3, -0.25) is 0 Å². The Bertz CT molecular complexity index is 379. The maximum Gasteiger partial charge on any atom is 0.103 e. The van der Waals surface area contributed by atoms with E-state index in [0.717, 1.165) is 25.4 Å². The van der Waals surface area contributed by atoms with Gasteiger partial charge in [0.05, 0.1) is 10.7 Å². The van der Waals surface area contributed by atoms with Crippen molar-refractivity contribution >= 4 is 17.3 Å². The lowest BCUT2D eigenvalue weighted by atomic mass is 9.86. The van der Waals surface area contributed by atoms with Crippen molar-refractivity contribution in [3.8, 4) is 0 Å². The van der Waals surface area contributed by atoms with Crippen LogP contribution in [0.25, 0.3) is 0 Å². The second-order valence-electron chi connectivity index (χ2n) is 4.71. The zero-order valence-corrected chi connectivity index (χ0v) is 9.96. The van der Waals surface area contributed by atoms with Crippen molar-refractivity contribution in [2.24, 2.45) is 0 Å². The molecular formula is C13H15ClNO. The Morgan fingerprint density at radius 3 is 2.94 bits per heavy atom. The number of rotatable bonds is 1. The molecule has 1 spiro atoms. The SMILES string of the molecule is Clc1[c]cccc1N1CC2(CCCCO2)C1. The van der Waals surface area contributed by atoms with E-state index in [4.69, 9.17) is 16.3 Å². The number of nitrogens with zero attached hydrogens (tertiary/aromatic N) is 1. The van der Waals surface area contributed by atoms with Crippen molar-refractivity contribution in [1.82, 2.24) is 0 Å². The summed E-state index contributed by atoms with van der Waals surface area (Å²) in [5.41, 5.74) is 1.21. The van der Waals surface area contributed by atoms with Crippen molar-refractivity contribution in [3.63, 3.8) is 0 Å². The Labute approximate surface area is 101 Å². The average molecular weight is 237 g/mol. The smallest absolute Gasteiger partial charge is 0.103 e. The molecule has 0 bridgehead atoms. The molecule has 0 atom stereocenters. The molecule has 3 heteroatoms. The van der Waals surface area contributed by atoms with Crippen LogP contribution in [0.1, 0.15) is 19.3 Å². The summed E-state index contributed by atoms with van der Waals surface area (Å²) in [4.78, 5) is 2.28. The number of hydrogen-bond donors (Lipinski definition) is 0. The maximum absolute atomic E-state index is 6.12. The first-order valence-corrected chi connectivity index (χ1v) is 6.22. The molecule has 0 N–H and O–H groups in total. The Kier molecular flexibility index (Phi) is 2.56. The molecule has 0 aromatic heterocycles. The van der Waals surface area contributed by atoms with Crippen LogP contribution in [0.4, 0.5) is 5.69 Å². The molecule has 2 aliphatic rings. The molecule has 2 saturated heterocycles. The average Bonchev–Trinajstić information content (AvgIpc) is 2.28. The predicted molar refractivity (Wildman–Crippen MR) is 65.0 cm³/mol. The molecule has 0 saturated carbocycles. The van der Waals surface area contributed by atoms with Crippen LogP contribution in [0.3, 0.4) is 0 Å². The molecule has 2 fully saturated rings. The number of hydrogen-bond acceptors (Lipinski definition) is 2. The van der Waals surface area contributed by atoms with E-state index in [1.807, 2.05) is 12.1 Å². The lowest BCUT2D eigenvalue weighted by Gasteiger charge is -2.52. The Morgan fingerprint density at radius 2 is 2.25 bits per heavy atom. The van der Waals surface area contributed by atoms with Gasteiger partial charge in [-0.05, 0) is 25.3 Å². The van der Waals surface area contributed by atoms with E-state index in [0.29, 0.717) is 5.02 Å². The minimum atomic E-state index is 0.122. The van der Waals surface area contributed by atoms with Crippen LogP contribution < -0.4 is 4.90 Å². The highest BCUT2D eigenvalue weighted by Gasteiger charge is 2.45. The van der Waals surface area contributed by atoms with Crippen molar-refractivity contribution < 1.29 is 4.74 Å². The normalized spacial score (nSPS) is 23.2. The minimum absolute atomic E-state index is 0.122. The highest BCUT2D eigenvalue weighted by molar-refractivity contribution is 6.33. The summed E-state index contributed by atoms with van der Waals surface area (Å²) in [5.74, 6) is 0. The molecule has 0 unspecified atom stereocenters. The second-order valence-corrected chi connectivity index (χ2v) is 5.09. The molecule has 1 aromatic carbocycles. The summed E-state index contributed by atoms with van der Waals surface area (Å²) >= 11 is 6.12. The zero-order chi connectivity index (χ0) is 11.0. The monoisotopic (exact) mass is 236 g/mol. The van der Waals surface area contributed by atoms with Gasteiger partial charge in [0.1, 0.15) is 5.60 Å². The number of ether oxygens (including phenoxy) is 1. The third-order valence-electron chi connectivity index (χ3n) is 3.52. The lowest BCUT2D eigenvalue weighted by Crippen LogP contribution is -2.64. The van der Waals surface area contributed by atoms with Crippen LogP contribution in [-0.2, 0) is 4.74 Å². The van der Waals surface area contributed by atoms with Gasteiger partial charge in [0, 0.05) is 25.8 Å². The summed E-state index contributed by atoms with van der Waals surface area (Å²) in [6.45, 7) is 2.87. The molecule has 1 radical (unpaired) electrons. The molecular weight excluding hydrogens is 222 g/mol. The third-order valence-corrected chi connectivity index (χ3v) is 3.82. The van der Waals surface area contributed by atoms with Crippen molar-refractivity contribution in [3.05, 3.63) is 29.3 Å². The highest BCUT2D eigenvalue weighted by Crippen LogP contribution is 2.39. The molecule has 2 nitrogen and oxygen atoms in total. The van der Waals surface area contributed by atoms with E-state index < -0.39 is 0 Å². The van der Waals surface area contributed by atoms with Gasteiger partial charge in [-0.15, -0.1) is 0 Å². The van der Waals surface area contributed by atoms with E-state index in [9.17, 15) is 0 Å². The van der Waals surface area contributed by atoms with Crippen LogP contribution in [0.15, 0.2) is 18.2 Å². The Balaban J connectivity index is 1.71. The standard InChI is InChI=1S/C13H15ClNO/c14-11-5-1-2-6-12(11)15-9-13(10-15)7-3-4-8-16-13/h1-2,6H,3-4,7-10H2. The predicted octanol–water partition coefficient (Wildman–Crippen LogP) is 2.90. The summed E-state index contributed by atoms with van der Waals surface area (Å²) in [7, 11) is 0. The van der Waals surface area contributed by atoms with Gasteiger partial charge in [0.15, 0.2) is 0 Å². The fourth-order valence-electron chi connectivity index (χ4n) is 2.63. The van der Waals surface area contributed by atoms with Gasteiger partial charge in [-0.25, -0.2) is 0 Å². The first-order chi connectivity index (χ1) is 7.79. The van der Waals surface area contributed by atoms with Crippen LogP contribution in [-0.4, -0.2) is 25.3 Å². The van der Waals surface area contributed by atoms with Crippen LogP contribution >= 0.6 is 11.6 Å². The number of halogens is 1. The molecule has 1 aromatic rings. The fourth-order valence-corrected chi connectivity index (χ4v) is 2.88. The molecule has 2 aliphatic heterocycles. The van der Waals surface area contributed by atoms with Crippen LogP contribution in [0.2, 0.25) is 5.02 Å². The van der Waals surface area contributed by atoms with Crippen LogP contribution in [0.5, 0.6) is 0 Å². The molecule has 0 amide bonds. The van der Waals surface area contributed by atoms with E-state index in [-0.39, 0.29) is 5.60 Å². The summed E-state index contributed by atoms with van der Waals surface area (Å²) in [6, 6.07) is 8.90. The molecule has 85 valence electrons. The summed E-state index contributed by atoms with van der Waals surface area (Å²) in [5, 5.41) is 0.716. The van der Waals surface area contributed by atoms with Crippen molar-refractivity contribution in [1.29, 1.82) is 0 Å². The summed E-state index contributed by atoms with van der Waals surface area (Å²) in [6.07, 6.45) is 3.70. The van der Waals surface area contributed by atoms with Crippen LogP contribution in [0, 0.1) is 6.07 Å². The minimum Gasteiger partial charge on any atom is -0.371 e. The van der Waals surface area contributed by atoms with Gasteiger partial charge >= 0.3 is 0 Å². The van der Waals surface area contributed by atoms with E-state index in [2.05, 4.69) is 17.0 Å². The van der Waals surface area contributed by atoms with Gasteiger partial charge in [0.2, 0.25) is 0 Å². The maximum atomic E-state index is 6.12.